The Morgan fingerprint density at radius 1 is 1.17 bits per heavy atom. The second kappa shape index (κ2) is 7.97. The van der Waals surface area contributed by atoms with Gasteiger partial charge in [0.1, 0.15) is 18.0 Å². The van der Waals surface area contributed by atoms with Gasteiger partial charge in [-0.25, -0.2) is 0 Å². The fourth-order valence-electron chi connectivity index (χ4n) is 2.29. The summed E-state index contributed by atoms with van der Waals surface area (Å²) < 4.78 is 11.2. The van der Waals surface area contributed by atoms with Crippen molar-refractivity contribution >= 4 is 11.6 Å². The summed E-state index contributed by atoms with van der Waals surface area (Å²) in [5.41, 5.74) is 2.00. The summed E-state index contributed by atoms with van der Waals surface area (Å²) in [6.07, 6.45) is 0.604. The topological polar surface area (TPSA) is 47.6 Å². The number of carbonyl (C=O) groups excluding carboxylic acids is 1. The van der Waals surface area contributed by atoms with Crippen molar-refractivity contribution in [2.24, 2.45) is 0 Å². The number of benzene rings is 2. The minimum atomic E-state index is -0.823. The van der Waals surface area contributed by atoms with Gasteiger partial charge in [-0.3, -0.25) is 4.79 Å². The van der Waals surface area contributed by atoms with Crippen LogP contribution in [0.25, 0.3) is 0 Å². The largest absolute Gasteiger partial charge is 0.489 e. The second-order valence-electron chi connectivity index (χ2n) is 6.00. The van der Waals surface area contributed by atoms with E-state index in [1.807, 2.05) is 62.4 Å². The van der Waals surface area contributed by atoms with Crippen LogP contribution in [0.5, 0.6) is 5.75 Å². The molecule has 2 aromatic rings. The lowest BCUT2D eigenvalue weighted by atomic mass is 10.0. The molecule has 4 nitrogen and oxygen atoms in total. The number of rotatable bonds is 7. The third-order valence-corrected chi connectivity index (χ3v) is 4.28. The summed E-state index contributed by atoms with van der Waals surface area (Å²) in [5, 5.41) is 2.91. The van der Waals surface area contributed by atoms with Gasteiger partial charge in [0.05, 0.1) is 0 Å². The summed E-state index contributed by atoms with van der Waals surface area (Å²) in [5.74, 6) is 0.659. The molecule has 0 saturated heterocycles. The molecule has 24 heavy (non-hydrogen) atoms. The van der Waals surface area contributed by atoms with Gasteiger partial charge in [-0.05, 0) is 49.6 Å². The molecule has 0 bridgehead atoms. The zero-order valence-electron chi connectivity index (χ0n) is 14.8. The Labute approximate surface area is 143 Å². The first-order valence-electron chi connectivity index (χ1n) is 8.12. The van der Waals surface area contributed by atoms with Crippen molar-refractivity contribution in [2.45, 2.75) is 39.4 Å². The van der Waals surface area contributed by atoms with Crippen LogP contribution < -0.4 is 10.1 Å². The quantitative estimate of drug-likeness (QED) is 0.823. The van der Waals surface area contributed by atoms with Crippen LogP contribution in [-0.2, 0) is 16.1 Å². The smallest absolute Gasteiger partial charge is 0.256 e. The highest BCUT2D eigenvalue weighted by atomic mass is 16.5. The normalized spacial score (nSPS) is 13.2. The molecule has 4 heteroatoms. The molecule has 128 valence electrons. The van der Waals surface area contributed by atoms with Gasteiger partial charge in [-0.2, -0.15) is 0 Å². The van der Waals surface area contributed by atoms with Crippen LogP contribution in [0.1, 0.15) is 31.4 Å². The Bertz CT molecular complexity index is 679. The molecule has 1 amide bonds. The van der Waals surface area contributed by atoms with Crippen LogP contribution in [0.15, 0.2) is 48.5 Å². The molecule has 0 fully saturated rings. The summed E-state index contributed by atoms with van der Waals surface area (Å²) in [6.45, 7) is 6.19. The zero-order chi connectivity index (χ0) is 17.6. The number of hydrogen-bond acceptors (Lipinski definition) is 3. The van der Waals surface area contributed by atoms with E-state index < -0.39 is 5.60 Å². The monoisotopic (exact) mass is 327 g/mol. The standard InChI is InChI=1S/C20H25NO3/c1-5-20(3,23-4)19(22)21-17-11-12-18(15(2)13-17)24-14-16-9-7-6-8-10-16/h6-13H,5,14H2,1-4H3,(H,21,22)/t20-/m0/s1. The van der Waals surface area contributed by atoms with Crippen molar-refractivity contribution in [3.05, 3.63) is 59.7 Å². The maximum absolute atomic E-state index is 12.3. The first-order chi connectivity index (χ1) is 11.5. The molecule has 1 N–H and O–H groups in total. The van der Waals surface area contributed by atoms with E-state index in [4.69, 9.17) is 9.47 Å². The predicted molar refractivity (Wildman–Crippen MR) is 96.3 cm³/mol. The van der Waals surface area contributed by atoms with Gasteiger partial charge in [0.25, 0.3) is 5.91 Å². The predicted octanol–water partition coefficient (Wildman–Crippen LogP) is 4.33. The number of aryl methyl sites for hydroxylation is 1. The first-order valence-corrected chi connectivity index (χ1v) is 8.12. The first kappa shape index (κ1) is 18.0. The number of nitrogens with one attached hydrogen (secondary N) is 1. The van der Waals surface area contributed by atoms with E-state index in [0.717, 1.165) is 22.6 Å². The van der Waals surface area contributed by atoms with Crippen molar-refractivity contribution in [1.29, 1.82) is 0 Å². The van der Waals surface area contributed by atoms with E-state index >= 15 is 0 Å². The van der Waals surface area contributed by atoms with Crippen LogP contribution in [0, 0.1) is 6.92 Å². The maximum atomic E-state index is 12.3. The van der Waals surface area contributed by atoms with Gasteiger partial charge in [0.2, 0.25) is 0 Å². The summed E-state index contributed by atoms with van der Waals surface area (Å²) >= 11 is 0. The molecule has 0 aliphatic heterocycles. The number of hydrogen-bond donors (Lipinski definition) is 1. The van der Waals surface area contributed by atoms with Gasteiger partial charge < -0.3 is 14.8 Å². The van der Waals surface area contributed by atoms with Gasteiger partial charge in [-0.1, -0.05) is 37.3 Å². The maximum Gasteiger partial charge on any atom is 0.256 e. The average molecular weight is 327 g/mol. The summed E-state index contributed by atoms with van der Waals surface area (Å²) in [4.78, 5) is 12.3. The molecular weight excluding hydrogens is 302 g/mol. The lowest BCUT2D eigenvalue weighted by molar-refractivity contribution is -0.136. The highest BCUT2D eigenvalue weighted by molar-refractivity contribution is 5.97. The molecule has 0 radical (unpaired) electrons. The van der Waals surface area contributed by atoms with E-state index in [0.29, 0.717) is 13.0 Å². The fourth-order valence-corrected chi connectivity index (χ4v) is 2.29. The minimum Gasteiger partial charge on any atom is -0.489 e. The van der Waals surface area contributed by atoms with E-state index in [2.05, 4.69) is 5.32 Å². The molecule has 0 heterocycles. The molecule has 2 rings (SSSR count). The lowest BCUT2D eigenvalue weighted by Gasteiger charge is -2.25. The second-order valence-corrected chi connectivity index (χ2v) is 6.00. The van der Waals surface area contributed by atoms with Crippen LogP contribution in [-0.4, -0.2) is 18.6 Å². The molecule has 0 aliphatic rings. The molecule has 0 unspecified atom stereocenters. The number of methoxy groups -OCH3 is 1. The summed E-state index contributed by atoms with van der Waals surface area (Å²) in [7, 11) is 1.55. The molecule has 0 saturated carbocycles. The van der Waals surface area contributed by atoms with Crippen LogP contribution in [0.3, 0.4) is 0 Å². The number of anilines is 1. The molecule has 0 spiro atoms. The Hall–Kier alpha value is -2.33. The average Bonchev–Trinajstić information content (AvgIpc) is 2.61. The van der Waals surface area contributed by atoms with E-state index in [1.54, 1.807) is 14.0 Å². The van der Waals surface area contributed by atoms with Crippen molar-refractivity contribution < 1.29 is 14.3 Å². The fraction of sp³-hybridized carbons (Fsp3) is 0.350. The van der Waals surface area contributed by atoms with Gasteiger partial charge in [0.15, 0.2) is 0 Å². The third kappa shape index (κ3) is 4.36. The molecular formula is C20H25NO3. The molecule has 2 aromatic carbocycles. The molecule has 0 aromatic heterocycles. The van der Waals surface area contributed by atoms with Crippen LogP contribution >= 0.6 is 0 Å². The number of amides is 1. The minimum absolute atomic E-state index is 0.148. The SMILES string of the molecule is CC[C@](C)(OC)C(=O)Nc1ccc(OCc2ccccc2)c(C)c1. The number of ether oxygens (including phenoxy) is 2. The van der Waals surface area contributed by atoms with Gasteiger partial charge in [0, 0.05) is 12.8 Å². The van der Waals surface area contributed by atoms with E-state index in [9.17, 15) is 4.79 Å². The number of carbonyl (C=O) groups is 1. The Kier molecular flexibility index (Phi) is 5.99. The Balaban J connectivity index is 2.03. The van der Waals surface area contributed by atoms with Crippen molar-refractivity contribution in [3.8, 4) is 5.75 Å². The zero-order valence-corrected chi connectivity index (χ0v) is 14.8. The third-order valence-electron chi connectivity index (χ3n) is 4.28. The molecule has 0 aliphatic carbocycles. The van der Waals surface area contributed by atoms with Crippen molar-refractivity contribution in [3.63, 3.8) is 0 Å². The Morgan fingerprint density at radius 2 is 1.88 bits per heavy atom. The van der Waals surface area contributed by atoms with Crippen molar-refractivity contribution in [2.75, 3.05) is 12.4 Å². The van der Waals surface area contributed by atoms with Crippen LogP contribution in [0.2, 0.25) is 0 Å². The van der Waals surface area contributed by atoms with Gasteiger partial charge in [-0.15, -0.1) is 0 Å². The molecule has 1 atom stereocenters. The van der Waals surface area contributed by atoms with E-state index in [1.165, 1.54) is 0 Å². The highest BCUT2D eigenvalue weighted by Crippen LogP contribution is 2.24. The summed E-state index contributed by atoms with van der Waals surface area (Å²) in [6, 6.07) is 15.6. The van der Waals surface area contributed by atoms with Crippen molar-refractivity contribution in [1.82, 2.24) is 0 Å². The van der Waals surface area contributed by atoms with E-state index in [-0.39, 0.29) is 5.91 Å². The highest BCUT2D eigenvalue weighted by Gasteiger charge is 2.30. The van der Waals surface area contributed by atoms with Gasteiger partial charge >= 0.3 is 0 Å². The lowest BCUT2D eigenvalue weighted by Crippen LogP contribution is -2.41. The van der Waals surface area contributed by atoms with Crippen LogP contribution in [0.4, 0.5) is 5.69 Å². The Morgan fingerprint density at radius 3 is 2.46 bits per heavy atom.